The Labute approximate surface area is 124 Å². The van der Waals surface area contributed by atoms with Crippen molar-refractivity contribution in [1.82, 2.24) is 15.6 Å². The molecule has 1 atom stereocenters. The van der Waals surface area contributed by atoms with Crippen molar-refractivity contribution in [2.45, 2.75) is 25.7 Å². The van der Waals surface area contributed by atoms with E-state index in [1.807, 2.05) is 11.3 Å². The zero-order valence-corrected chi connectivity index (χ0v) is 12.7. The minimum absolute atomic E-state index is 0.825. The molecule has 3 rings (SSSR count). The number of piperidine rings is 1. The first-order valence-corrected chi connectivity index (χ1v) is 8.49. The number of fused-ring (bicyclic) bond motifs is 1. The molecule has 1 aromatic carbocycles. The van der Waals surface area contributed by atoms with E-state index < -0.39 is 0 Å². The van der Waals surface area contributed by atoms with E-state index in [4.69, 9.17) is 0 Å². The van der Waals surface area contributed by atoms with E-state index >= 15 is 0 Å². The monoisotopic (exact) mass is 289 g/mol. The number of aromatic nitrogens is 1. The van der Waals surface area contributed by atoms with Gasteiger partial charge in [0.1, 0.15) is 0 Å². The predicted molar refractivity (Wildman–Crippen MR) is 86.4 cm³/mol. The van der Waals surface area contributed by atoms with Gasteiger partial charge >= 0.3 is 0 Å². The van der Waals surface area contributed by atoms with E-state index in [0.717, 1.165) is 30.9 Å². The Morgan fingerprint density at radius 1 is 1.35 bits per heavy atom. The number of nitrogens with zero attached hydrogens (tertiary/aromatic N) is 1. The minimum atomic E-state index is 0.825. The van der Waals surface area contributed by atoms with Gasteiger partial charge < -0.3 is 10.6 Å². The highest BCUT2D eigenvalue weighted by molar-refractivity contribution is 7.18. The molecule has 3 nitrogen and oxygen atoms in total. The second kappa shape index (κ2) is 7.16. The van der Waals surface area contributed by atoms with Gasteiger partial charge in [0.25, 0.3) is 0 Å². The molecule has 0 aliphatic carbocycles. The first kappa shape index (κ1) is 14.0. The van der Waals surface area contributed by atoms with Crippen LogP contribution < -0.4 is 10.6 Å². The summed E-state index contributed by atoms with van der Waals surface area (Å²) >= 11 is 1.83. The number of thiazole rings is 1. The summed E-state index contributed by atoms with van der Waals surface area (Å²) in [6, 6.07) is 8.41. The van der Waals surface area contributed by atoms with Crippen LogP contribution in [0.15, 0.2) is 24.3 Å². The Balaban J connectivity index is 1.37. The van der Waals surface area contributed by atoms with Gasteiger partial charge in [0.05, 0.1) is 15.2 Å². The van der Waals surface area contributed by atoms with Gasteiger partial charge in [-0.15, -0.1) is 11.3 Å². The molecule has 1 fully saturated rings. The molecule has 2 heterocycles. The third kappa shape index (κ3) is 3.78. The van der Waals surface area contributed by atoms with Gasteiger partial charge in [-0.2, -0.15) is 0 Å². The van der Waals surface area contributed by atoms with Crippen LogP contribution in [0.5, 0.6) is 0 Å². The number of hydrogen-bond acceptors (Lipinski definition) is 4. The molecule has 1 aliphatic heterocycles. The number of aryl methyl sites for hydroxylation is 1. The van der Waals surface area contributed by atoms with Crippen molar-refractivity contribution in [1.29, 1.82) is 0 Å². The third-order valence-electron chi connectivity index (χ3n) is 3.91. The fourth-order valence-electron chi connectivity index (χ4n) is 2.80. The van der Waals surface area contributed by atoms with E-state index in [-0.39, 0.29) is 0 Å². The maximum absolute atomic E-state index is 4.68. The zero-order chi connectivity index (χ0) is 13.6. The van der Waals surface area contributed by atoms with E-state index in [9.17, 15) is 0 Å². The summed E-state index contributed by atoms with van der Waals surface area (Å²) in [4.78, 5) is 4.68. The van der Waals surface area contributed by atoms with E-state index in [0.29, 0.717) is 0 Å². The van der Waals surface area contributed by atoms with Gasteiger partial charge in [0.15, 0.2) is 0 Å². The summed E-state index contributed by atoms with van der Waals surface area (Å²) in [7, 11) is 0. The normalized spacial score (nSPS) is 19.5. The van der Waals surface area contributed by atoms with Gasteiger partial charge in [-0.05, 0) is 63.5 Å². The van der Waals surface area contributed by atoms with Crippen molar-refractivity contribution in [2.24, 2.45) is 5.92 Å². The highest BCUT2D eigenvalue weighted by Gasteiger charge is 2.11. The van der Waals surface area contributed by atoms with Gasteiger partial charge in [0.2, 0.25) is 0 Å². The number of rotatable bonds is 6. The summed E-state index contributed by atoms with van der Waals surface area (Å²) in [5, 5.41) is 8.33. The molecule has 0 spiro atoms. The van der Waals surface area contributed by atoms with E-state index in [1.54, 1.807) is 0 Å². The minimum Gasteiger partial charge on any atom is -0.316 e. The van der Waals surface area contributed by atoms with E-state index in [1.165, 1.54) is 42.1 Å². The molecular weight excluding hydrogens is 266 g/mol. The Bertz CT molecular complexity index is 498. The molecule has 0 bridgehead atoms. The summed E-state index contributed by atoms with van der Waals surface area (Å²) in [6.07, 6.45) is 4.98. The molecule has 20 heavy (non-hydrogen) atoms. The lowest BCUT2D eigenvalue weighted by Gasteiger charge is -2.22. The van der Waals surface area contributed by atoms with Crippen molar-refractivity contribution in [3.8, 4) is 0 Å². The SMILES string of the molecule is c1ccc2sc(CCCNCC3CCCNC3)nc2c1. The van der Waals surface area contributed by atoms with Crippen LogP contribution >= 0.6 is 11.3 Å². The summed E-state index contributed by atoms with van der Waals surface area (Å²) in [5.41, 5.74) is 1.15. The Morgan fingerprint density at radius 2 is 2.30 bits per heavy atom. The van der Waals surface area contributed by atoms with Crippen molar-refractivity contribution in [2.75, 3.05) is 26.2 Å². The van der Waals surface area contributed by atoms with Crippen LogP contribution in [0.25, 0.3) is 10.2 Å². The van der Waals surface area contributed by atoms with Crippen molar-refractivity contribution < 1.29 is 0 Å². The first-order chi connectivity index (χ1) is 9.92. The number of nitrogens with one attached hydrogen (secondary N) is 2. The van der Waals surface area contributed by atoms with E-state index in [2.05, 4.69) is 39.9 Å². The second-order valence-corrected chi connectivity index (χ2v) is 6.71. The van der Waals surface area contributed by atoms with Crippen LogP contribution in [0.3, 0.4) is 0 Å². The molecular formula is C16H23N3S. The van der Waals surface area contributed by atoms with Gasteiger partial charge in [-0.25, -0.2) is 4.98 Å². The van der Waals surface area contributed by atoms with Crippen molar-refractivity contribution >= 4 is 21.6 Å². The highest BCUT2D eigenvalue weighted by atomic mass is 32.1. The topological polar surface area (TPSA) is 37.0 Å². The van der Waals surface area contributed by atoms with Crippen LogP contribution in [0, 0.1) is 5.92 Å². The molecule has 1 aliphatic rings. The molecule has 0 radical (unpaired) electrons. The standard InChI is InChI=1S/C16H23N3S/c1-2-7-15-14(6-1)19-16(20-15)8-4-10-18-12-13-5-3-9-17-11-13/h1-2,6-7,13,17-18H,3-5,8-12H2. The van der Waals surface area contributed by atoms with Crippen LogP contribution in [-0.2, 0) is 6.42 Å². The lowest BCUT2D eigenvalue weighted by molar-refractivity contribution is 0.360. The number of hydrogen-bond donors (Lipinski definition) is 2. The summed E-state index contributed by atoms with van der Waals surface area (Å²) in [6.45, 7) is 4.65. The quantitative estimate of drug-likeness (QED) is 0.803. The van der Waals surface area contributed by atoms with Crippen LogP contribution in [0.2, 0.25) is 0 Å². The predicted octanol–water partition coefficient (Wildman–Crippen LogP) is 2.82. The molecule has 1 saturated heterocycles. The fraction of sp³-hybridized carbons (Fsp3) is 0.562. The Hall–Kier alpha value is -0.970. The summed E-state index contributed by atoms with van der Waals surface area (Å²) < 4.78 is 1.31. The van der Waals surface area contributed by atoms with Gasteiger partial charge in [-0.3, -0.25) is 0 Å². The average Bonchev–Trinajstić information content (AvgIpc) is 2.90. The van der Waals surface area contributed by atoms with Crippen LogP contribution in [0.1, 0.15) is 24.3 Å². The highest BCUT2D eigenvalue weighted by Crippen LogP contribution is 2.22. The maximum Gasteiger partial charge on any atom is 0.0939 e. The van der Waals surface area contributed by atoms with Crippen LogP contribution in [-0.4, -0.2) is 31.2 Å². The molecule has 0 saturated carbocycles. The largest absolute Gasteiger partial charge is 0.316 e. The number of para-hydroxylation sites is 1. The Kier molecular flexibility index (Phi) is 5.01. The molecule has 2 aromatic rings. The first-order valence-electron chi connectivity index (χ1n) is 7.68. The van der Waals surface area contributed by atoms with Crippen molar-refractivity contribution in [3.63, 3.8) is 0 Å². The average molecular weight is 289 g/mol. The fourth-order valence-corrected chi connectivity index (χ4v) is 3.80. The molecule has 4 heteroatoms. The lowest BCUT2D eigenvalue weighted by atomic mass is 10.00. The molecule has 2 N–H and O–H groups in total. The summed E-state index contributed by atoms with van der Waals surface area (Å²) in [5.74, 6) is 0.825. The molecule has 1 aromatic heterocycles. The number of benzene rings is 1. The van der Waals surface area contributed by atoms with Gasteiger partial charge in [0, 0.05) is 6.42 Å². The Morgan fingerprint density at radius 3 is 3.15 bits per heavy atom. The zero-order valence-electron chi connectivity index (χ0n) is 11.9. The molecule has 1 unspecified atom stereocenters. The lowest BCUT2D eigenvalue weighted by Crippen LogP contribution is -2.36. The smallest absolute Gasteiger partial charge is 0.0939 e. The third-order valence-corrected chi connectivity index (χ3v) is 5.01. The second-order valence-electron chi connectivity index (χ2n) is 5.60. The molecule has 0 amide bonds. The van der Waals surface area contributed by atoms with Crippen LogP contribution in [0.4, 0.5) is 0 Å². The van der Waals surface area contributed by atoms with Gasteiger partial charge in [-0.1, -0.05) is 12.1 Å². The molecule has 108 valence electrons. The maximum atomic E-state index is 4.68. The van der Waals surface area contributed by atoms with Crippen molar-refractivity contribution in [3.05, 3.63) is 29.3 Å².